The molecule has 4 heteroatoms. The lowest BCUT2D eigenvalue weighted by Gasteiger charge is -2.34. The molecule has 1 heterocycles. The number of aromatic nitrogens is 1. The molecule has 0 amide bonds. The number of benzene rings is 2. The molecule has 0 spiro atoms. The Labute approximate surface area is 151 Å². The number of rotatable bonds is 4. The van der Waals surface area contributed by atoms with Crippen molar-refractivity contribution < 1.29 is 5.11 Å². The monoisotopic (exact) mass is 357 g/mol. The molecule has 0 fully saturated rings. The first-order valence-electron chi connectivity index (χ1n) is 7.64. The molecule has 1 N–H and O–H groups in total. The van der Waals surface area contributed by atoms with Crippen molar-refractivity contribution in [3.63, 3.8) is 0 Å². The Balaban J connectivity index is 2.19. The number of nitrogens with zero attached hydrogens (tertiary/aromatic N) is 1. The van der Waals surface area contributed by atoms with Crippen molar-refractivity contribution in [3.8, 4) is 0 Å². The van der Waals surface area contributed by atoms with Gasteiger partial charge in [-0.3, -0.25) is 4.98 Å². The molecule has 3 aromatic rings. The molecule has 0 bridgehead atoms. The van der Waals surface area contributed by atoms with Crippen LogP contribution in [-0.2, 0) is 5.60 Å². The normalized spacial score (nSPS) is 14.8. The fourth-order valence-corrected chi connectivity index (χ4v) is 3.50. The molecule has 0 aliphatic carbocycles. The SMILES string of the molecule is C[C@](O)(c1cc(Cl)ccc1Cl)[C@@H](c1ccccc1)c1ccccn1. The molecular weight excluding hydrogens is 341 g/mol. The number of aliphatic hydroxyl groups is 1. The van der Waals surface area contributed by atoms with Gasteiger partial charge in [0.2, 0.25) is 0 Å². The van der Waals surface area contributed by atoms with Crippen LogP contribution in [0.25, 0.3) is 0 Å². The van der Waals surface area contributed by atoms with E-state index in [0.29, 0.717) is 15.6 Å². The molecule has 3 rings (SSSR count). The highest BCUT2D eigenvalue weighted by molar-refractivity contribution is 6.33. The lowest BCUT2D eigenvalue weighted by molar-refractivity contribution is 0.0381. The first-order valence-corrected chi connectivity index (χ1v) is 8.39. The van der Waals surface area contributed by atoms with Crippen LogP contribution in [0.2, 0.25) is 10.0 Å². The predicted octanol–water partition coefficient (Wildman–Crippen LogP) is 5.43. The molecule has 0 unspecified atom stereocenters. The van der Waals surface area contributed by atoms with Crippen molar-refractivity contribution in [2.45, 2.75) is 18.4 Å². The minimum atomic E-state index is -1.28. The Morgan fingerprint density at radius 2 is 1.67 bits per heavy atom. The summed E-state index contributed by atoms with van der Waals surface area (Å²) in [6.45, 7) is 1.75. The molecule has 122 valence electrons. The molecule has 2 aromatic carbocycles. The van der Waals surface area contributed by atoms with E-state index in [1.54, 1.807) is 31.3 Å². The van der Waals surface area contributed by atoms with Crippen LogP contribution in [0.1, 0.15) is 29.7 Å². The van der Waals surface area contributed by atoms with E-state index >= 15 is 0 Å². The second-order valence-corrected chi connectivity index (χ2v) is 6.71. The van der Waals surface area contributed by atoms with Gasteiger partial charge in [0.05, 0.1) is 11.6 Å². The van der Waals surface area contributed by atoms with Crippen LogP contribution in [0.5, 0.6) is 0 Å². The van der Waals surface area contributed by atoms with Gasteiger partial charge in [0.1, 0.15) is 5.60 Å². The van der Waals surface area contributed by atoms with E-state index in [1.165, 1.54) is 0 Å². The largest absolute Gasteiger partial charge is 0.384 e. The topological polar surface area (TPSA) is 33.1 Å². The molecule has 1 aromatic heterocycles. The standard InChI is InChI=1S/C20H17Cl2NO/c1-20(24,16-13-15(21)10-11-17(16)22)19(14-7-3-2-4-8-14)18-9-5-6-12-23-18/h2-13,19,24H,1H3/t19-,20-/m0/s1. The molecule has 0 aliphatic heterocycles. The molecule has 0 radical (unpaired) electrons. The van der Waals surface area contributed by atoms with Gasteiger partial charge >= 0.3 is 0 Å². The van der Waals surface area contributed by atoms with E-state index in [4.69, 9.17) is 23.2 Å². The van der Waals surface area contributed by atoms with Crippen LogP contribution in [0.3, 0.4) is 0 Å². The molecular formula is C20H17Cl2NO. The van der Waals surface area contributed by atoms with Gasteiger partial charge in [0.25, 0.3) is 0 Å². The first-order chi connectivity index (χ1) is 11.5. The third-order valence-corrected chi connectivity index (χ3v) is 4.72. The number of hydrogen-bond acceptors (Lipinski definition) is 2. The Morgan fingerprint density at radius 3 is 2.33 bits per heavy atom. The van der Waals surface area contributed by atoms with Crippen LogP contribution in [0.15, 0.2) is 72.9 Å². The van der Waals surface area contributed by atoms with Crippen LogP contribution in [0, 0.1) is 0 Å². The summed E-state index contributed by atoms with van der Waals surface area (Å²) in [5, 5.41) is 12.5. The third kappa shape index (κ3) is 3.32. The third-order valence-electron chi connectivity index (χ3n) is 4.15. The number of pyridine rings is 1. The van der Waals surface area contributed by atoms with E-state index < -0.39 is 5.60 Å². The molecule has 0 saturated heterocycles. The van der Waals surface area contributed by atoms with Gasteiger partial charge in [-0.25, -0.2) is 0 Å². The van der Waals surface area contributed by atoms with Crippen molar-refractivity contribution in [1.29, 1.82) is 0 Å². The van der Waals surface area contributed by atoms with E-state index in [2.05, 4.69) is 4.98 Å². The smallest absolute Gasteiger partial charge is 0.101 e. The van der Waals surface area contributed by atoms with Crippen molar-refractivity contribution >= 4 is 23.2 Å². The number of hydrogen-bond donors (Lipinski definition) is 1. The second kappa shape index (κ2) is 6.94. The van der Waals surface area contributed by atoms with Gasteiger partial charge in [-0.05, 0) is 42.8 Å². The zero-order valence-corrected chi connectivity index (χ0v) is 14.7. The summed E-state index contributed by atoms with van der Waals surface area (Å²) < 4.78 is 0. The highest BCUT2D eigenvalue weighted by Gasteiger charge is 2.38. The fraction of sp³-hybridized carbons (Fsp3) is 0.150. The summed E-state index contributed by atoms with van der Waals surface area (Å²) in [4.78, 5) is 4.46. The quantitative estimate of drug-likeness (QED) is 0.675. The Bertz CT molecular complexity index is 780. The van der Waals surface area contributed by atoms with Gasteiger partial charge < -0.3 is 5.11 Å². The van der Waals surface area contributed by atoms with Crippen molar-refractivity contribution in [3.05, 3.63) is 99.8 Å². The predicted molar refractivity (Wildman–Crippen MR) is 98.6 cm³/mol. The van der Waals surface area contributed by atoms with E-state index in [-0.39, 0.29) is 5.92 Å². The zero-order chi connectivity index (χ0) is 17.2. The second-order valence-electron chi connectivity index (χ2n) is 5.87. The fourth-order valence-electron chi connectivity index (χ4n) is 3.02. The average molecular weight is 358 g/mol. The molecule has 0 aliphatic rings. The first kappa shape index (κ1) is 17.0. The van der Waals surface area contributed by atoms with E-state index in [0.717, 1.165) is 11.3 Å². The summed E-state index contributed by atoms with van der Waals surface area (Å²) >= 11 is 12.5. The maximum Gasteiger partial charge on any atom is 0.101 e. The Morgan fingerprint density at radius 1 is 0.958 bits per heavy atom. The molecule has 0 saturated carbocycles. The van der Waals surface area contributed by atoms with Crippen LogP contribution < -0.4 is 0 Å². The van der Waals surface area contributed by atoms with Gasteiger partial charge in [0.15, 0.2) is 0 Å². The van der Waals surface area contributed by atoms with Crippen LogP contribution >= 0.6 is 23.2 Å². The van der Waals surface area contributed by atoms with Gasteiger partial charge in [-0.2, -0.15) is 0 Å². The minimum absolute atomic E-state index is 0.379. The molecule has 2 atom stereocenters. The summed E-state index contributed by atoms with van der Waals surface area (Å²) in [7, 11) is 0. The summed E-state index contributed by atoms with van der Waals surface area (Å²) in [5.41, 5.74) is 1.02. The van der Waals surface area contributed by atoms with Gasteiger partial charge in [-0.15, -0.1) is 0 Å². The Kier molecular flexibility index (Phi) is 4.91. The van der Waals surface area contributed by atoms with E-state index in [9.17, 15) is 5.11 Å². The maximum atomic E-state index is 11.5. The van der Waals surface area contributed by atoms with E-state index in [1.807, 2.05) is 48.5 Å². The zero-order valence-electron chi connectivity index (χ0n) is 13.2. The molecule has 24 heavy (non-hydrogen) atoms. The van der Waals surface area contributed by atoms with Crippen molar-refractivity contribution in [2.75, 3.05) is 0 Å². The lowest BCUT2D eigenvalue weighted by Crippen LogP contribution is -2.32. The Hall–Kier alpha value is -1.87. The van der Waals surface area contributed by atoms with Gasteiger partial charge in [-0.1, -0.05) is 59.6 Å². The highest BCUT2D eigenvalue weighted by atomic mass is 35.5. The summed E-state index contributed by atoms with van der Waals surface area (Å²) in [6, 6.07) is 20.6. The van der Waals surface area contributed by atoms with Crippen molar-refractivity contribution in [1.82, 2.24) is 4.98 Å². The molecule has 2 nitrogen and oxygen atoms in total. The summed E-state index contributed by atoms with van der Waals surface area (Å²) in [6.07, 6.45) is 1.72. The maximum absolute atomic E-state index is 11.5. The van der Waals surface area contributed by atoms with Crippen molar-refractivity contribution in [2.24, 2.45) is 0 Å². The highest BCUT2D eigenvalue weighted by Crippen LogP contribution is 2.43. The van der Waals surface area contributed by atoms with Gasteiger partial charge in [0, 0.05) is 21.8 Å². The number of halogens is 2. The van der Waals surface area contributed by atoms with Crippen LogP contribution in [-0.4, -0.2) is 10.1 Å². The minimum Gasteiger partial charge on any atom is -0.384 e. The average Bonchev–Trinajstić information content (AvgIpc) is 2.59. The summed E-state index contributed by atoms with van der Waals surface area (Å²) in [5.74, 6) is -0.379. The van der Waals surface area contributed by atoms with Crippen LogP contribution in [0.4, 0.5) is 0 Å². The lowest BCUT2D eigenvalue weighted by atomic mass is 9.76.